The van der Waals surface area contributed by atoms with Crippen molar-refractivity contribution in [1.82, 2.24) is 10.2 Å². The number of hydrogen-bond acceptors (Lipinski definition) is 7. The topological polar surface area (TPSA) is 114 Å². The highest BCUT2D eigenvalue weighted by atomic mass is 32.2. The number of benzene rings is 2. The van der Waals surface area contributed by atoms with Gasteiger partial charge in [-0.2, -0.15) is 0 Å². The fraction of sp³-hybridized carbons (Fsp3) is 0.433. The van der Waals surface area contributed by atoms with Gasteiger partial charge in [-0.3, -0.25) is 14.4 Å². The summed E-state index contributed by atoms with van der Waals surface area (Å²) in [6.07, 6.45) is 9.86. The third-order valence-electron chi connectivity index (χ3n) is 5.27. The smallest absolute Gasteiger partial charge is 0.325 e. The summed E-state index contributed by atoms with van der Waals surface area (Å²) in [7, 11) is 0. The van der Waals surface area contributed by atoms with Gasteiger partial charge in [-0.15, -0.1) is 24.6 Å². The van der Waals surface area contributed by atoms with Crippen LogP contribution in [0.5, 0.6) is 0 Å². The summed E-state index contributed by atoms with van der Waals surface area (Å²) in [4.78, 5) is 34.7. The van der Waals surface area contributed by atoms with Crippen molar-refractivity contribution in [2.45, 2.75) is 52.6 Å². The molecule has 8 nitrogen and oxygen atoms in total. The second kappa shape index (κ2) is 22.8. The van der Waals surface area contributed by atoms with Crippen molar-refractivity contribution in [1.29, 1.82) is 0 Å². The van der Waals surface area contributed by atoms with Gasteiger partial charge in [-0.05, 0) is 42.7 Å². The molecule has 2 amide bonds. The number of thioether (sulfide) groups is 1. The lowest BCUT2D eigenvalue weighted by Gasteiger charge is -2.18. The molecule has 0 aromatic heterocycles. The van der Waals surface area contributed by atoms with Crippen molar-refractivity contribution < 1.29 is 36.7 Å². The maximum absolute atomic E-state index is 13.6. The minimum Gasteiger partial charge on any atom is -0.465 e. The van der Waals surface area contributed by atoms with Crippen LogP contribution in [0.2, 0.25) is 0 Å². The van der Waals surface area contributed by atoms with Crippen LogP contribution in [0.15, 0.2) is 30.3 Å². The van der Waals surface area contributed by atoms with Crippen LogP contribution in [0.1, 0.15) is 44.7 Å². The summed E-state index contributed by atoms with van der Waals surface area (Å²) in [5, 5.41) is 5.08. The van der Waals surface area contributed by atoms with E-state index in [9.17, 15) is 31.9 Å². The van der Waals surface area contributed by atoms with Crippen LogP contribution in [-0.2, 0) is 32.1 Å². The van der Waals surface area contributed by atoms with Crippen molar-refractivity contribution in [3.05, 3.63) is 64.7 Å². The lowest BCUT2D eigenvalue weighted by Crippen LogP contribution is -2.35. The van der Waals surface area contributed by atoms with E-state index in [1.165, 1.54) is 18.6 Å². The second-order valence-corrected chi connectivity index (χ2v) is 9.97. The van der Waals surface area contributed by atoms with Gasteiger partial charge in [0.05, 0.1) is 18.2 Å². The summed E-state index contributed by atoms with van der Waals surface area (Å²) in [5.74, 6) is -2.66. The average molecular weight is 629 g/mol. The lowest BCUT2D eigenvalue weighted by atomic mass is 10.0. The molecule has 0 bridgehead atoms. The maximum atomic E-state index is 13.6. The third kappa shape index (κ3) is 15.9. The monoisotopic (exact) mass is 628 g/mol. The number of terminal acetylenes is 1. The molecule has 238 valence electrons. The van der Waals surface area contributed by atoms with Crippen molar-refractivity contribution in [3.63, 3.8) is 0 Å². The standard InChI is InChI=1S/C13H15F3N2OS.C12H15FN2O3.C3H8.C2H2/c14-10-6-12(16)11(15)4-8(10)3-9(17)5-13(19)18-1-2-20-7-18;1-2-18-12(17)7-15-11-4-3-9(5-10(11)13)6-14-8-16;1-3-2;1-2/h4,6,9H,1-3,5,7,17H2;3-5,8,15H,2,6-7H2,1H3,(H,14,16);3H2,1-2H3;1-2H/t9-;;;/m1.../s1. The predicted molar refractivity (Wildman–Crippen MR) is 162 cm³/mol. The number of nitrogens with one attached hydrogen (secondary N) is 2. The van der Waals surface area contributed by atoms with Gasteiger partial charge in [0.25, 0.3) is 0 Å². The van der Waals surface area contributed by atoms with Gasteiger partial charge in [0.15, 0.2) is 11.6 Å². The minimum atomic E-state index is -1.23. The molecule has 43 heavy (non-hydrogen) atoms. The first kappa shape index (κ1) is 39.2. The van der Waals surface area contributed by atoms with Crippen LogP contribution in [0, 0.1) is 36.1 Å². The Labute approximate surface area is 255 Å². The number of nitrogens with zero attached hydrogens (tertiary/aromatic N) is 1. The molecule has 1 saturated heterocycles. The van der Waals surface area contributed by atoms with E-state index in [0.717, 1.165) is 11.8 Å². The van der Waals surface area contributed by atoms with Gasteiger partial charge in [0.2, 0.25) is 12.3 Å². The number of anilines is 1. The molecule has 1 aliphatic rings. The number of amides is 2. The third-order valence-corrected chi connectivity index (χ3v) is 6.23. The zero-order valence-corrected chi connectivity index (χ0v) is 25.5. The Hall–Kier alpha value is -3.76. The highest BCUT2D eigenvalue weighted by Crippen LogP contribution is 2.18. The SMILES string of the molecule is C#C.CCC.CCOC(=O)CNc1ccc(CNC=O)cc1F.N[C@@H](CC(=O)N1CCSC1)Cc1cc(F)c(F)cc1F. The molecular weight excluding hydrogens is 588 g/mol. The van der Waals surface area contributed by atoms with Crippen molar-refractivity contribution >= 4 is 35.7 Å². The molecule has 0 saturated carbocycles. The van der Waals surface area contributed by atoms with Gasteiger partial charge < -0.3 is 26.0 Å². The molecule has 1 fully saturated rings. The first-order chi connectivity index (χ1) is 20.6. The van der Waals surface area contributed by atoms with Crippen LogP contribution >= 0.6 is 11.8 Å². The Balaban J connectivity index is 0.000000717. The Bertz CT molecular complexity index is 1160. The number of rotatable bonds is 11. The molecule has 2 aromatic carbocycles. The zero-order valence-electron chi connectivity index (χ0n) is 24.6. The number of halogens is 4. The molecule has 1 aliphatic heterocycles. The zero-order chi connectivity index (χ0) is 32.8. The normalized spacial score (nSPS) is 12.2. The second-order valence-electron chi connectivity index (χ2n) is 8.90. The molecule has 1 atom stereocenters. The van der Waals surface area contributed by atoms with Crippen molar-refractivity contribution in [2.24, 2.45) is 5.73 Å². The summed E-state index contributed by atoms with van der Waals surface area (Å²) >= 11 is 1.66. The Kier molecular flexibility index (Phi) is 20.8. The Morgan fingerprint density at radius 3 is 2.28 bits per heavy atom. The summed E-state index contributed by atoms with van der Waals surface area (Å²) in [6.45, 7) is 7.11. The van der Waals surface area contributed by atoms with E-state index >= 15 is 0 Å². The number of esters is 1. The lowest BCUT2D eigenvalue weighted by molar-refractivity contribution is -0.141. The Morgan fingerprint density at radius 1 is 1.07 bits per heavy atom. The number of hydrogen-bond donors (Lipinski definition) is 3. The first-order valence-corrected chi connectivity index (χ1v) is 14.6. The molecule has 13 heteroatoms. The molecule has 1 heterocycles. The summed E-state index contributed by atoms with van der Waals surface area (Å²) in [6, 6.07) is 5.14. The highest BCUT2D eigenvalue weighted by Gasteiger charge is 2.21. The average Bonchev–Trinajstić information content (AvgIpc) is 3.52. The molecule has 0 unspecified atom stereocenters. The molecule has 0 aliphatic carbocycles. The number of ether oxygens (including phenoxy) is 1. The number of carbonyl (C=O) groups is 3. The van der Waals surface area contributed by atoms with E-state index < -0.39 is 35.3 Å². The van der Waals surface area contributed by atoms with Gasteiger partial charge in [0, 0.05) is 37.4 Å². The minimum absolute atomic E-state index is 0.00421. The van der Waals surface area contributed by atoms with E-state index in [-0.39, 0.29) is 43.1 Å². The molecule has 0 spiro atoms. The molecular formula is C30H40F4N4O4S. The van der Waals surface area contributed by atoms with Crippen LogP contribution in [-0.4, -0.2) is 60.6 Å². The van der Waals surface area contributed by atoms with Crippen molar-refractivity contribution in [2.75, 3.05) is 36.6 Å². The molecule has 2 aromatic rings. The summed E-state index contributed by atoms with van der Waals surface area (Å²) in [5.41, 5.74) is 6.64. The predicted octanol–water partition coefficient (Wildman–Crippen LogP) is 4.61. The maximum Gasteiger partial charge on any atom is 0.325 e. The Morgan fingerprint density at radius 2 is 1.72 bits per heavy atom. The quantitative estimate of drug-likeness (QED) is 0.110. The number of carbonyl (C=O) groups excluding carboxylic acids is 3. The van der Waals surface area contributed by atoms with Crippen LogP contribution < -0.4 is 16.4 Å². The van der Waals surface area contributed by atoms with Crippen molar-refractivity contribution in [3.8, 4) is 12.8 Å². The van der Waals surface area contributed by atoms with E-state index in [2.05, 4.69) is 37.3 Å². The molecule has 3 rings (SSSR count). The van der Waals surface area contributed by atoms with Gasteiger partial charge in [-0.1, -0.05) is 26.3 Å². The van der Waals surface area contributed by atoms with Crippen LogP contribution in [0.3, 0.4) is 0 Å². The van der Waals surface area contributed by atoms with Gasteiger partial charge in [0.1, 0.15) is 18.2 Å². The van der Waals surface area contributed by atoms with Gasteiger partial charge >= 0.3 is 5.97 Å². The van der Waals surface area contributed by atoms with Crippen LogP contribution in [0.25, 0.3) is 0 Å². The largest absolute Gasteiger partial charge is 0.465 e. The van der Waals surface area contributed by atoms with E-state index in [1.54, 1.807) is 29.7 Å². The fourth-order valence-electron chi connectivity index (χ4n) is 3.39. The summed E-state index contributed by atoms with van der Waals surface area (Å²) < 4.78 is 57.6. The molecule has 0 radical (unpaired) electrons. The first-order valence-electron chi connectivity index (χ1n) is 13.5. The fourth-order valence-corrected chi connectivity index (χ4v) is 4.36. The number of nitrogens with two attached hydrogens (primary N) is 1. The van der Waals surface area contributed by atoms with E-state index in [1.807, 2.05) is 0 Å². The van der Waals surface area contributed by atoms with E-state index in [0.29, 0.717) is 37.1 Å². The highest BCUT2D eigenvalue weighted by molar-refractivity contribution is 7.99. The van der Waals surface area contributed by atoms with E-state index in [4.69, 9.17) is 10.5 Å². The molecule has 4 N–H and O–H groups in total. The van der Waals surface area contributed by atoms with Crippen LogP contribution in [0.4, 0.5) is 23.2 Å². The van der Waals surface area contributed by atoms with Gasteiger partial charge in [-0.25, -0.2) is 17.6 Å².